The summed E-state index contributed by atoms with van der Waals surface area (Å²) in [4.78, 5) is 18.7. The second kappa shape index (κ2) is 13.7. The van der Waals surface area contributed by atoms with E-state index in [1.807, 2.05) is 29.2 Å². The summed E-state index contributed by atoms with van der Waals surface area (Å²) < 4.78 is 5.37. The zero-order valence-corrected chi connectivity index (χ0v) is 25.8. The smallest absolute Gasteiger partial charge is 0.219 e. The van der Waals surface area contributed by atoms with E-state index in [2.05, 4.69) is 132 Å². The van der Waals surface area contributed by atoms with Crippen LogP contribution in [0.1, 0.15) is 34.7 Å². The van der Waals surface area contributed by atoms with Gasteiger partial charge in [-0.05, 0) is 52.4 Å². The zero-order chi connectivity index (χ0) is 31.1. The van der Waals surface area contributed by atoms with E-state index >= 15 is 0 Å². The van der Waals surface area contributed by atoms with Crippen molar-refractivity contribution in [2.45, 2.75) is 31.5 Å². The normalized spacial score (nSPS) is 12.1. The van der Waals surface area contributed by atoms with Crippen LogP contribution < -0.4 is 10.1 Å². The minimum Gasteiger partial charge on any atom is -0.497 e. The summed E-state index contributed by atoms with van der Waals surface area (Å²) in [5.74, 6) is 0.826. The number of amides is 1. The van der Waals surface area contributed by atoms with Crippen LogP contribution >= 0.6 is 0 Å². The van der Waals surface area contributed by atoms with Crippen LogP contribution in [0.15, 0.2) is 146 Å². The summed E-state index contributed by atoms with van der Waals surface area (Å²) >= 11 is 0. The molecule has 0 radical (unpaired) electrons. The van der Waals surface area contributed by atoms with Crippen LogP contribution in [-0.2, 0) is 23.3 Å². The number of nitrogens with one attached hydrogen (secondary N) is 2. The van der Waals surface area contributed by atoms with E-state index in [-0.39, 0.29) is 11.9 Å². The van der Waals surface area contributed by atoms with Gasteiger partial charge in [0.2, 0.25) is 5.91 Å². The fourth-order valence-corrected chi connectivity index (χ4v) is 6.37. The number of ether oxygens (including phenoxy) is 1. The maximum absolute atomic E-state index is 13.3. The first-order valence-corrected chi connectivity index (χ1v) is 15.4. The van der Waals surface area contributed by atoms with E-state index in [1.54, 1.807) is 14.0 Å². The molecule has 1 unspecified atom stereocenters. The van der Waals surface area contributed by atoms with Crippen molar-refractivity contribution in [3.05, 3.63) is 174 Å². The van der Waals surface area contributed by atoms with Crippen LogP contribution in [0.4, 0.5) is 0 Å². The summed E-state index contributed by atoms with van der Waals surface area (Å²) in [6.07, 6.45) is 2.82. The van der Waals surface area contributed by atoms with E-state index in [9.17, 15) is 4.79 Å². The lowest BCUT2D eigenvalue weighted by atomic mass is 9.76. The van der Waals surface area contributed by atoms with Crippen LogP contribution in [0.2, 0.25) is 0 Å². The summed E-state index contributed by atoms with van der Waals surface area (Å²) in [6.45, 7) is 2.67. The first-order valence-electron chi connectivity index (χ1n) is 15.4. The minimum absolute atomic E-state index is 0.0290. The molecule has 226 valence electrons. The molecule has 6 rings (SSSR count). The number of hydrogen-bond acceptors (Lipinski definition) is 3. The quantitative estimate of drug-likeness (QED) is 0.143. The number of fused-ring (bicyclic) bond motifs is 1. The van der Waals surface area contributed by atoms with E-state index < -0.39 is 5.54 Å². The number of hydrogen-bond donors (Lipinski definition) is 2. The monoisotopic (exact) mass is 593 g/mol. The Labute approximate surface area is 265 Å². The Morgan fingerprint density at radius 1 is 0.756 bits per heavy atom. The lowest BCUT2D eigenvalue weighted by Gasteiger charge is -2.41. The van der Waals surface area contributed by atoms with Gasteiger partial charge in [0.1, 0.15) is 5.75 Å². The molecule has 0 aliphatic heterocycles. The maximum Gasteiger partial charge on any atom is 0.219 e. The van der Waals surface area contributed by atoms with Gasteiger partial charge in [-0.15, -0.1) is 0 Å². The molecule has 45 heavy (non-hydrogen) atoms. The van der Waals surface area contributed by atoms with Gasteiger partial charge in [-0.25, -0.2) is 0 Å². The molecule has 0 saturated heterocycles. The Hall–Kier alpha value is -5.13. The van der Waals surface area contributed by atoms with Gasteiger partial charge in [0.05, 0.1) is 12.6 Å². The van der Waals surface area contributed by atoms with Gasteiger partial charge < -0.3 is 14.6 Å². The Morgan fingerprint density at radius 2 is 1.29 bits per heavy atom. The molecule has 0 fully saturated rings. The molecule has 0 aliphatic carbocycles. The van der Waals surface area contributed by atoms with Crippen molar-refractivity contribution in [1.29, 1.82) is 0 Å². The Bertz CT molecular complexity index is 1720. The average molecular weight is 594 g/mol. The Morgan fingerprint density at radius 3 is 1.82 bits per heavy atom. The van der Waals surface area contributed by atoms with Crippen molar-refractivity contribution in [3.8, 4) is 5.75 Å². The van der Waals surface area contributed by atoms with Gasteiger partial charge in [-0.1, -0.05) is 121 Å². The fraction of sp³-hybridized carbons (Fsp3) is 0.175. The molecule has 1 heterocycles. The Kier molecular flexibility index (Phi) is 9.09. The number of H-pyrrole nitrogens is 1. The number of para-hydroxylation sites is 1. The lowest BCUT2D eigenvalue weighted by molar-refractivity contribution is -0.129. The summed E-state index contributed by atoms with van der Waals surface area (Å²) in [5.41, 5.74) is 6.09. The molecule has 2 N–H and O–H groups in total. The second-order valence-corrected chi connectivity index (χ2v) is 11.5. The zero-order valence-electron chi connectivity index (χ0n) is 25.8. The highest BCUT2D eigenvalue weighted by Gasteiger charge is 2.38. The van der Waals surface area contributed by atoms with E-state index in [1.165, 1.54) is 10.9 Å². The third-order valence-electron chi connectivity index (χ3n) is 8.60. The van der Waals surface area contributed by atoms with Crippen molar-refractivity contribution in [2.75, 3.05) is 13.7 Å². The van der Waals surface area contributed by atoms with E-state index in [0.717, 1.165) is 33.5 Å². The molecule has 0 saturated carbocycles. The van der Waals surface area contributed by atoms with Crippen LogP contribution in [0.3, 0.4) is 0 Å². The van der Waals surface area contributed by atoms with Crippen molar-refractivity contribution >= 4 is 16.8 Å². The first-order chi connectivity index (χ1) is 22.1. The van der Waals surface area contributed by atoms with Crippen LogP contribution in [0.25, 0.3) is 10.9 Å². The average Bonchev–Trinajstić information content (AvgIpc) is 3.50. The van der Waals surface area contributed by atoms with Crippen molar-refractivity contribution in [1.82, 2.24) is 15.2 Å². The van der Waals surface area contributed by atoms with Gasteiger partial charge in [0.15, 0.2) is 0 Å². The van der Waals surface area contributed by atoms with Crippen molar-refractivity contribution < 1.29 is 9.53 Å². The summed E-state index contributed by atoms with van der Waals surface area (Å²) in [5, 5.41) is 5.37. The SMILES string of the molecule is COc1ccc(CN(CC(Cc2c[nH]c3ccccc23)NC(c2ccccc2)(c2ccccc2)c2ccccc2)C(C)=O)cc1. The molecule has 1 atom stereocenters. The minimum atomic E-state index is -0.677. The third kappa shape index (κ3) is 6.54. The molecule has 5 nitrogen and oxygen atoms in total. The molecule has 5 heteroatoms. The van der Waals surface area contributed by atoms with Gasteiger partial charge >= 0.3 is 0 Å². The maximum atomic E-state index is 13.3. The number of carbonyl (C=O) groups excluding carboxylic acids is 1. The predicted octanol–water partition coefficient (Wildman–Crippen LogP) is 7.72. The van der Waals surface area contributed by atoms with Gasteiger partial charge in [-0.2, -0.15) is 0 Å². The topological polar surface area (TPSA) is 57.4 Å². The number of benzene rings is 5. The van der Waals surface area contributed by atoms with E-state index in [4.69, 9.17) is 4.74 Å². The molecular weight excluding hydrogens is 554 g/mol. The number of carbonyl (C=O) groups is 1. The standard InChI is InChI=1S/C40H39N3O2/c1-30(44)43(28-31-22-24-37(45-2)25-23-31)29-36(26-32-27-41-39-21-13-12-20-38(32)39)42-40(33-14-6-3-7-15-33,34-16-8-4-9-17-34)35-18-10-5-11-19-35/h3-25,27,36,41-42H,26,28-29H2,1-2H3. The van der Waals surface area contributed by atoms with Gasteiger partial charge in [0.25, 0.3) is 0 Å². The number of aromatic amines is 1. The second-order valence-electron chi connectivity index (χ2n) is 11.5. The molecule has 0 spiro atoms. The number of nitrogens with zero attached hydrogens (tertiary/aromatic N) is 1. The van der Waals surface area contributed by atoms with Crippen LogP contribution in [0.5, 0.6) is 5.75 Å². The van der Waals surface area contributed by atoms with Crippen LogP contribution in [0, 0.1) is 0 Å². The third-order valence-corrected chi connectivity index (χ3v) is 8.60. The van der Waals surface area contributed by atoms with Gasteiger partial charge in [-0.3, -0.25) is 10.1 Å². The molecule has 1 aromatic heterocycles. The number of methoxy groups -OCH3 is 1. The van der Waals surface area contributed by atoms with Crippen molar-refractivity contribution in [2.24, 2.45) is 0 Å². The highest BCUT2D eigenvalue weighted by Crippen LogP contribution is 2.38. The number of rotatable bonds is 12. The first kappa shape index (κ1) is 29.9. The lowest BCUT2D eigenvalue weighted by Crippen LogP contribution is -2.54. The van der Waals surface area contributed by atoms with Crippen molar-refractivity contribution in [3.63, 3.8) is 0 Å². The molecule has 5 aromatic carbocycles. The molecule has 6 aromatic rings. The van der Waals surface area contributed by atoms with Gasteiger partial charge in [0, 0.05) is 43.2 Å². The number of aromatic nitrogens is 1. The van der Waals surface area contributed by atoms with E-state index in [0.29, 0.717) is 19.5 Å². The fourth-order valence-electron chi connectivity index (χ4n) is 6.37. The molecular formula is C40H39N3O2. The molecule has 0 bridgehead atoms. The highest BCUT2D eigenvalue weighted by atomic mass is 16.5. The molecule has 1 amide bonds. The Balaban J connectivity index is 1.47. The largest absolute Gasteiger partial charge is 0.497 e. The predicted molar refractivity (Wildman–Crippen MR) is 182 cm³/mol. The highest BCUT2D eigenvalue weighted by molar-refractivity contribution is 5.83. The summed E-state index contributed by atoms with van der Waals surface area (Å²) in [7, 11) is 1.66. The summed E-state index contributed by atoms with van der Waals surface area (Å²) in [6, 6.07) is 48.1. The molecule has 0 aliphatic rings. The van der Waals surface area contributed by atoms with Crippen LogP contribution in [-0.4, -0.2) is 35.5 Å².